The van der Waals surface area contributed by atoms with Crippen LogP contribution in [0.2, 0.25) is 5.02 Å². The topological polar surface area (TPSA) is 55.1 Å². The number of amides is 1. The molecule has 0 unspecified atom stereocenters. The SMILES string of the molecule is Nc1ccc(SCC(=O)NCc2ccccc2F)cc1Cl. The Labute approximate surface area is 131 Å². The lowest BCUT2D eigenvalue weighted by Crippen LogP contribution is -2.25. The van der Waals surface area contributed by atoms with Crippen LogP contribution in [0, 0.1) is 5.82 Å². The largest absolute Gasteiger partial charge is 0.398 e. The summed E-state index contributed by atoms with van der Waals surface area (Å²) in [6, 6.07) is 11.6. The molecule has 2 aromatic rings. The molecule has 3 nitrogen and oxygen atoms in total. The summed E-state index contributed by atoms with van der Waals surface area (Å²) in [6.45, 7) is 0.175. The number of rotatable bonds is 5. The molecule has 1 amide bonds. The van der Waals surface area contributed by atoms with Gasteiger partial charge in [-0.2, -0.15) is 0 Å². The van der Waals surface area contributed by atoms with Crippen molar-refractivity contribution < 1.29 is 9.18 Å². The second kappa shape index (κ2) is 7.33. The molecule has 0 bridgehead atoms. The van der Waals surface area contributed by atoms with Crippen LogP contribution in [0.15, 0.2) is 47.4 Å². The fraction of sp³-hybridized carbons (Fsp3) is 0.133. The Morgan fingerprint density at radius 3 is 2.76 bits per heavy atom. The summed E-state index contributed by atoms with van der Waals surface area (Å²) < 4.78 is 13.4. The first-order valence-corrected chi connectivity index (χ1v) is 7.60. The highest BCUT2D eigenvalue weighted by atomic mass is 35.5. The summed E-state index contributed by atoms with van der Waals surface area (Å²) in [7, 11) is 0. The summed E-state index contributed by atoms with van der Waals surface area (Å²) in [5, 5.41) is 3.14. The average molecular weight is 325 g/mol. The van der Waals surface area contributed by atoms with Crippen molar-refractivity contribution in [2.24, 2.45) is 0 Å². The van der Waals surface area contributed by atoms with Crippen molar-refractivity contribution in [3.05, 3.63) is 58.9 Å². The quantitative estimate of drug-likeness (QED) is 0.654. The van der Waals surface area contributed by atoms with Gasteiger partial charge in [-0.25, -0.2) is 4.39 Å². The van der Waals surface area contributed by atoms with E-state index in [1.54, 1.807) is 36.4 Å². The molecule has 0 fully saturated rings. The molecule has 0 aliphatic rings. The minimum Gasteiger partial charge on any atom is -0.398 e. The number of hydrogen-bond donors (Lipinski definition) is 2. The van der Waals surface area contributed by atoms with Crippen LogP contribution in [0.3, 0.4) is 0 Å². The molecule has 2 rings (SSSR count). The van der Waals surface area contributed by atoms with E-state index in [1.165, 1.54) is 17.8 Å². The fourth-order valence-electron chi connectivity index (χ4n) is 1.63. The Hall–Kier alpha value is -1.72. The van der Waals surface area contributed by atoms with E-state index in [4.69, 9.17) is 17.3 Å². The number of carbonyl (C=O) groups excluding carboxylic acids is 1. The van der Waals surface area contributed by atoms with Crippen molar-refractivity contribution >= 4 is 35.0 Å². The van der Waals surface area contributed by atoms with Crippen molar-refractivity contribution in [3.63, 3.8) is 0 Å². The average Bonchev–Trinajstić information content (AvgIpc) is 2.47. The Morgan fingerprint density at radius 2 is 2.05 bits per heavy atom. The normalized spacial score (nSPS) is 10.4. The first kappa shape index (κ1) is 15.7. The van der Waals surface area contributed by atoms with E-state index < -0.39 is 0 Å². The van der Waals surface area contributed by atoms with Crippen molar-refractivity contribution in [3.8, 4) is 0 Å². The fourth-order valence-corrected chi connectivity index (χ4v) is 2.64. The second-order valence-corrected chi connectivity index (χ2v) is 5.80. The van der Waals surface area contributed by atoms with Gasteiger partial charge in [0.1, 0.15) is 5.82 Å². The van der Waals surface area contributed by atoms with Crippen LogP contribution in [0.25, 0.3) is 0 Å². The van der Waals surface area contributed by atoms with Gasteiger partial charge in [0.2, 0.25) is 5.91 Å². The third-order valence-corrected chi connectivity index (χ3v) is 4.10. The molecular weight excluding hydrogens is 311 g/mol. The van der Waals surface area contributed by atoms with Gasteiger partial charge in [-0.15, -0.1) is 11.8 Å². The molecule has 0 atom stereocenters. The first-order chi connectivity index (χ1) is 10.1. The molecule has 0 saturated heterocycles. The Balaban J connectivity index is 1.82. The summed E-state index contributed by atoms with van der Waals surface area (Å²) in [4.78, 5) is 12.6. The lowest BCUT2D eigenvalue weighted by atomic mass is 10.2. The third kappa shape index (κ3) is 4.65. The predicted octanol–water partition coefficient (Wildman–Crippen LogP) is 3.47. The molecule has 21 heavy (non-hydrogen) atoms. The third-order valence-electron chi connectivity index (χ3n) is 2.78. The van der Waals surface area contributed by atoms with Gasteiger partial charge in [0, 0.05) is 17.0 Å². The zero-order chi connectivity index (χ0) is 15.2. The number of hydrogen-bond acceptors (Lipinski definition) is 3. The van der Waals surface area contributed by atoms with Crippen molar-refractivity contribution in [1.82, 2.24) is 5.32 Å². The number of anilines is 1. The maximum atomic E-state index is 13.4. The van der Waals surface area contributed by atoms with Gasteiger partial charge in [0.05, 0.1) is 16.5 Å². The molecule has 0 heterocycles. The molecule has 0 aliphatic carbocycles. The molecule has 2 aromatic carbocycles. The summed E-state index contributed by atoms with van der Waals surface area (Å²) in [6.07, 6.45) is 0. The van der Waals surface area contributed by atoms with Crippen molar-refractivity contribution in [2.45, 2.75) is 11.4 Å². The van der Waals surface area contributed by atoms with Crippen LogP contribution in [0.5, 0.6) is 0 Å². The highest BCUT2D eigenvalue weighted by Gasteiger charge is 2.06. The van der Waals surface area contributed by atoms with Gasteiger partial charge in [-0.1, -0.05) is 29.8 Å². The van der Waals surface area contributed by atoms with Crippen LogP contribution in [-0.2, 0) is 11.3 Å². The Kier molecular flexibility index (Phi) is 5.47. The number of nitrogen functional groups attached to an aromatic ring is 1. The number of halogens is 2. The van der Waals surface area contributed by atoms with Crippen LogP contribution in [0.4, 0.5) is 10.1 Å². The van der Waals surface area contributed by atoms with Crippen LogP contribution >= 0.6 is 23.4 Å². The minimum atomic E-state index is -0.323. The molecule has 110 valence electrons. The second-order valence-electron chi connectivity index (χ2n) is 4.34. The summed E-state index contributed by atoms with van der Waals surface area (Å²) in [5.41, 5.74) is 6.58. The van der Waals surface area contributed by atoms with Crippen LogP contribution in [-0.4, -0.2) is 11.7 Å². The van der Waals surface area contributed by atoms with Gasteiger partial charge < -0.3 is 11.1 Å². The van der Waals surface area contributed by atoms with E-state index in [0.29, 0.717) is 16.3 Å². The zero-order valence-corrected chi connectivity index (χ0v) is 12.7. The molecule has 3 N–H and O–H groups in total. The van der Waals surface area contributed by atoms with Crippen LogP contribution < -0.4 is 11.1 Å². The van der Waals surface area contributed by atoms with E-state index >= 15 is 0 Å². The van der Waals surface area contributed by atoms with Gasteiger partial charge in [0.25, 0.3) is 0 Å². The molecule has 0 aromatic heterocycles. The monoisotopic (exact) mass is 324 g/mol. The number of thioether (sulfide) groups is 1. The van der Waals surface area contributed by atoms with E-state index in [0.717, 1.165) is 4.90 Å². The van der Waals surface area contributed by atoms with Gasteiger partial charge >= 0.3 is 0 Å². The predicted molar refractivity (Wildman–Crippen MR) is 84.8 cm³/mol. The number of benzene rings is 2. The highest BCUT2D eigenvalue weighted by Crippen LogP contribution is 2.26. The number of nitrogens with two attached hydrogens (primary N) is 1. The van der Waals surface area contributed by atoms with Gasteiger partial charge in [0.15, 0.2) is 0 Å². The van der Waals surface area contributed by atoms with E-state index in [9.17, 15) is 9.18 Å². The minimum absolute atomic E-state index is 0.170. The lowest BCUT2D eigenvalue weighted by molar-refractivity contribution is -0.118. The summed E-state index contributed by atoms with van der Waals surface area (Å²) in [5.74, 6) is -0.263. The van der Waals surface area contributed by atoms with Crippen LogP contribution in [0.1, 0.15) is 5.56 Å². The molecule has 0 spiro atoms. The lowest BCUT2D eigenvalue weighted by Gasteiger charge is -2.07. The van der Waals surface area contributed by atoms with E-state index in [-0.39, 0.29) is 24.0 Å². The van der Waals surface area contributed by atoms with Crippen molar-refractivity contribution in [2.75, 3.05) is 11.5 Å². The maximum absolute atomic E-state index is 13.4. The molecule has 0 saturated carbocycles. The highest BCUT2D eigenvalue weighted by molar-refractivity contribution is 8.00. The summed E-state index contributed by atoms with van der Waals surface area (Å²) >= 11 is 7.25. The standard InChI is InChI=1S/C15H14ClFN2OS/c16-12-7-11(5-6-14(12)18)21-9-15(20)19-8-10-3-1-2-4-13(10)17/h1-7H,8-9,18H2,(H,19,20). The molecule has 0 aliphatic heterocycles. The Morgan fingerprint density at radius 1 is 1.29 bits per heavy atom. The Bertz CT molecular complexity index is 651. The van der Waals surface area contributed by atoms with Gasteiger partial charge in [-0.05, 0) is 24.3 Å². The van der Waals surface area contributed by atoms with E-state index in [2.05, 4.69) is 5.32 Å². The number of nitrogens with one attached hydrogen (secondary N) is 1. The molecular formula is C15H14ClFN2OS. The number of carbonyl (C=O) groups is 1. The zero-order valence-electron chi connectivity index (χ0n) is 11.1. The molecule has 0 radical (unpaired) electrons. The maximum Gasteiger partial charge on any atom is 0.230 e. The van der Waals surface area contributed by atoms with Crippen molar-refractivity contribution in [1.29, 1.82) is 0 Å². The smallest absolute Gasteiger partial charge is 0.230 e. The van der Waals surface area contributed by atoms with Gasteiger partial charge in [-0.3, -0.25) is 4.79 Å². The first-order valence-electron chi connectivity index (χ1n) is 6.24. The molecule has 6 heteroatoms. The van der Waals surface area contributed by atoms with E-state index in [1.807, 2.05) is 0 Å².